The zero-order valence-corrected chi connectivity index (χ0v) is 15.8. The van der Waals surface area contributed by atoms with Gasteiger partial charge in [-0.3, -0.25) is 4.79 Å². The van der Waals surface area contributed by atoms with Gasteiger partial charge in [-0.1, -0.05) is 38.1 Å². The van der Waals surface area contributed by atoms with Gasteiger partial charge in [0.25, 0.3) is 5.91 Å². The summed E-state index contributed by atoms with van der Waals surface area (Å²) >= 11 is 3.42. The third-order valence-electron chi connectivity index (χ3n) is 3.44. The van der Waals surface area contributed by atoms with Crippen molar-refractivity contribution in [3.8, 4) is 11.5 Å². The highest BCUT2D eigenvalue weighted by atomic mass is 79.9. The molecule has 0 aliphatic heterocycles. The summed E-state index contributed by atoms with van der Waals surface area (Å²) in [6, 6.07) is 12.6. The Morgan fingerprint density at radius 1 is 1.20 bits per heavy atom. The van der Waals surface area contributed by atoms with Crippen molar-refractivity contribution in [3.05, 3.63) is 65.2 Å². The van der Waals surface area contributed by atoms with Crippen LogP contribution in [0, 0.1) is 0 Å². The molecule has 5 heteroatoms. The molecular weight excluding hydrogens is 382 g/mol. The van der Waals surface area contributed by atoms with Gasteiger partial charge in [0.1, 0.15) is 18.1 Å². The molecule has 1 amide bonds. The van der Waals surface area contributed by atoms with Gasteiger partial charge >= 0.3 is 0 Å². The monoisotopic (exact) mass is 403 g/mol. The van der Waals surface area contributed by atoms with Crippen molar-refractivity contribution >= 4 is 27.5 Å². The maximum atomic E-state index is 12.5. The van der Waals surface area contributed by atoms with Crippen molar-refractivity contribution in [1.82, 2.24) is 0 Å². The third-order valence-corrected chi connectivity index (χ3v) is 4.06. The van der Waals surface area contributed by atoms with E-state index in [9.17, 15) is 4.79 Å². The van der Waals surface area contributed by atoms with Crippen LogP contribution in [0.3, 0.4) is 0 Å². The van der Waals surface area contributed by atoms with Gasteiger partial charge in [0.2, 0.25) is 0 Å². The number of amides is 1. The second kappa shape index (κ2) is 9.89. The third kappa shape index (κ3) is 5.64. The first kappa shape index (κ1) is 19.1. The number of anilines is 1. The smallest absolute Gasteiger partial charge is 0.255 e. The van der Waals surface area contributed by atoms with E-state index in [1.54, 1.807) is 24.3 Å². The summed E-state index contributed by atoms with van der Waals surface area (Å²) in [7, 11) is 0. The summed E-state index contributed by atoms with van der Waals surface area (Å²) in [6.45, 7) is 6.76. The lowest BCUT2D eigenvalue weighted by molar-refractivity contribution is 0.102. The molecule has 2 aromatic carbocycles. The summed E-state index contributed by atoms with van der Waals surface area (Å²) in [5.74, 6) is 1.14. The Kier molecular flexibility index (Phi) is 7.54. The number of hydrogen-bond acceptors (Lipinski definition) is 3. The van der Waals surface area contributed by atoms with Crippen molar-refractivity contribution < 1.29 is 14.3 Å². The van der Waals surface area contributed by atoms with Crippen molar-refractivity contribution in [2.45, 2.75) is 19.8 Å². The Morgan fingerprint density at radius 2 is 2.00 bits per heavy atom. The number of carbonyl (C=O) groups excluding carboxylic acids is 1. The second-order valence-electron chi connectivity index (χ2n) is 5.40. The summed E-state index contributed by atoms with van der Waals surface area (Å²) < 4.78 is 12.0. The first-order valence-electron chi connectivity index (χ1n) is 8.22. The van der Waals surface area contributed by atoms with Gasteiger partial charge in [0.05, 0.1) is 16.8 Å². The first-order valence-corrected chi connectivity index (χ1v) is 9.01. The van der Waals surface area contributed by atoms with Crippen molar-refractivity contribution in [3.63, 3.8) is 0 Å². The normalized spacial score (nSPS) is 10.2. The molecule has 0 atom stereocenters. The molecule has 1 N–H and O–H groups in total. The Bertz CT molecular complexity index is 731. The Balaban J connectivity index is 2.09. The largest absolute Gasteiger partial charge is 0.491 e. The minimum absolute atomic E-state index is 0.206. The summed E-state index contributed by atoms with van der Waals surface area (Å²) in [4.78, 5) is 12.5. The van der Waals surface area contributed by atoms with Crippen molar-refractivity contribution in [2.24, 2.45) is 0 Å². The standard InChI is InChI=1S/C20H22BrNO3/c1-3-5-13-25-19-9-7-6-8-17(19)22-20(23)15-10-11-18(16(21)14-15)24-12-4-2/h4,6-11,14H,2-3,5,12-13H2,1H3,(H,22,23). The Hall–Kier alpha value is -2.27. The number of halogens is 1. The van der Waals surface area contributed by atoms with Gasteiger partial charge in [-0.05, 0) is 52.7 Å². The maximum Gasteiger partial charge on any atom is 0.255 e. The van der Waals surface area contributed by atoms with Gasteiger partial charge in [-0.25, -0.2) is 0 Å². The maximum absolute atomic E-state index is 12.5. The summed E-state index contributed by atoms with van der Waals surface area (Å²) in [5.41, 5.74) is 1.19. The van der Waals surface area contributed by atoms with E-state index in [0.717, 1.165) is 17.3 Å². The molecule has 2 aromatic rings. The molecule has 0 radical (unpaired) electrons. The van der Waals surface area contributed by atoms with Gasteiger partial charge in [0.15, 0.2) is 0 Å². The highest BCUT2D eigenvalue weighted by Gasteiger charge is 2.12. The molecule has 132 valence electrons. The quantitative estimate of drug-likeness (QED) is 0.447. The van der Waals surface area contributed by atoms with Gasteiger partial charge in [0, 0.05) is 5.56 Å². The highest BCUT2D eigenvalue weighted by molar-refractivity contribution is 9.10. The number of rotatable bonds is 9. The lowest BCUT2D eigenvalue weighted by Crippen LogP contribution is -2.13. The van der Waals surface area contributed by atoms with E-state index < -0.39 is 0 Å². The van der Waals surface area contributed by atoms with Gasteiger partial charge in [-0.15, -0.1) is 0 Å². The molecule has 25 heavy (non-hydrogen) atoms. The molecule has 0 heterocycles. The molecular formula is C20H22BrNO3. The van der Waals surface area contributed by atoms with Crippen LogP contribution in [0.15, 0.2) is 59.6 Å². The van der Waals surface area contributed by atoms with E-state index in [-0.39, 0.29) is 5.91 Å². The van der Waals surface area contributed by atoms with Crippen molar-refractivity contribution in [1.29, 1.82) is 0 Å². The fourth-order valence-electron chi connectivity index (χ4n) is 2.12. The van der Waals surface area contributed by atoms with Crippen LogP contribution >= 0.6 is 15.9 Å². The molecule has 0 spiro atoms. The number of unbranched alkanes of at least 4 members (excludes halogenated alkanes) is 1. The lowest BCUT2D eigenvalue weighted by atomic mass is 10.2. The SMILES string of the molecule is C=CCOc1ccc(C(=O)Nc2ccccc2OCCCC)cc1Br. The van der Waals surface area contributed by atoms with Gasteiger partial charge < -0.3 is 14.8 Å². The number of hydrogen-bond donors (Lipinski definition) is 1. The predicted molar refractivity (Wildman–Crippen MR) is 105 cm³/mol. The van der Waals surface area contributed by atoms with Crippen LogP contribution in [-0.2, 0) is 0 Å². The van der Waals surface area contributed by atoms with Crippen LogP contribution in [0.25, 0.3) is 0 Å². The molecule has 0 aliphatic carbocycles. The molecule has 2 rings (SSSR count). The van der Waals surface area contributed by atoms with Crippen LogP contribution in [-0.4, -0.2) is 19.1 Å². The first-order chi connectivity index (χ1) is 12.2. The van der Waals surface area contributed by atoms with E-state index in [0.29, 0.717) is 36.0 Å². The second-order valence-corrected chi connectivity index (χ2v) is 6.25. The van der Waals surface area contributed by atoms with E-state index in [1.165, 1.54) is 0 Å². The predicted octanol–water partition coefficient (Wildman–Crippen LogP) is 5.45. The van der Waals surface area contributed by atoms with E-state index in [2.05, 4.69) is 34.7 Å². The molecule has 0 unspecified atom stereocenters. The van der Waals surface area contributed by atoms with Crippen molar-refractivity contribution in [2.75, 3.05) is 18.5 Å². The average molecular weight is 404 g/mol. The molecule has 0 saturated heterocycles. The zero-order chi connectivity index (χ0) is 18.1. The zero-order valence-electron chi connectivity index (χ0n) is 14.3. The minimum Gasteiger partial charge on any atom is -0.491 e. The molecule has 0 aromatic heterocycles. The number of benzene rings is 2. The number of carbonyl (C=O) groups is 1. The molecule has 4 nitrogen and oxygen atoms in total. The van der Waals surface area contributed by atoms with E-state index in [4.69, 9.17) is 9.47 Å². The van der Waals surface area contributed by atoms with Crippen LogP contribution < -0.4 is 14.8 Å². The van der Waals surface area contributed by atoms with Crippen LogP contribution in [0.1, 0.15) is 30.1 Å². The molecule has 0 saturated carbocycles. The van der Waals surface area contributed by atoms with E-state index in [1.807, 2.05) is 24.3 Å². The number of para-hydroxylation sites is 2. The number of nitrogens with one attached hydrogen (secondary N) is 1. The van der Waals surface area contributed by atoms with E-state index >= 15 is 0 Å². The Morgan fingerprint density at radius 3 is 2.72 bits per heavy atom. The van der Waals surface area contributed by atoms with Crippen LogP contribution in [0.2, 0.25) is 0 Å². The fourth-order valence-corrected chi connectivity index (χ4v) is 2.62. The molecule has 0 fully saturated rings. The molecule has 0 bridgehead atoms. The van der Waals surface area contributed by atoms with Gasteiger partial charge in [-0.2, -0.15) is 0 Å². The number of ether oxygens (including phenoxy) is 2. The summed E-state index contributed by atoms with van der Waals surface area (Å²) in [5, 5.41) is 2.90. The van der Waals surface area contributed by atoms with Crippen LogP contribution in [0.5, 0.6) is 11.5 Å². The minimum atomic E-state index is -0.206. The summed E-state index contributed by atoms with van der Waals surface area (Å²) in [6.07, 6.45) is 3.70. The van der Waals surface area contributed by atoms with Crippen LogP contribution in [0.4, 0.5) is 5.69 Å². The fraction of sp³-hybridized carbons (Fsp3) is 0.250. The lowest BCUT2D eigenvalue weighted by Gasteiger charge is -2.13. The topological polar surface area (TPSA) is 47.6 Å². The highest BCUT2D eigenvalue weighted by Crippen LogP contribution is 2.28. The Labute approximate surface area is 157 Å². The average Bonchev–Trinajstić information content (AvgIpc) is 2.62. The molecule has 0 aliphatic rings.